The highest BCUT2D eigenvalue weighted by molar-refractivity contribution is 7.91. The van der Waals surface area contributed by atoms with Gasteiger partial charge < -0.3 is 9.51 Å². The molecule has 1 N–H and O–H groups in total. The van der Waals surface area contributed by atoms with Gasteiger partial charge in [-0.15, -0.1) is 0 Å². The summed E-state index contributed by atoms with van der Waals surface area (Å²) in [6.07, 6.45) is 1.69. The number of fused-ring (bicyclic) bond motifs is 1. The molecule has 0 atom stereocenters. The maximum atomic E-state index is 13.2. The number of aromatic hydroxyl groups is 1. The zero-order chi connectivity index (χ0) is 17.5. The summed E-state index contributed by atoms with van der Waals surface area (Å²) < 4.78 is 28.0. The first-order chi connectivity index (χ1) is 11.4. The molecule has 0 radical (unpaired) electrons. The van der Waals surface area contributed by atoms with Gasteiger partial charge in [0.15, 0.2) is 0 Å². The second kappa shape index (κ2) is 5.69. The molecule has 6 heteroatoms. The molecule has 0 spiro atoms. The lowest BCUT2D eigenvalue weighted by Gasteiger charge is -2.10. The molecule has 122 valence electrons. The Morgan fingerprint density at radius 3 is 2.38 bits per heavy atom. The Morgan fingerprint density at radius 1 is 1.12 bits per heavy atom. The molecule has 3 aromatic rings. The molecule has 0 bridgehead atoms. The van der Waals surface area contributed by atoms with Crippen molar-refractivity contribution in [2.45, 2.75) is 29.6 Å². The lowest BCUT2D eigenvalue weighted by atomic mass is 10.0. The van der Waals surface area contributed by atoms with Crippen molar-refractivity contribution in [3.8, 4) is 11.8 Å². The zero-order valence-electron chi connectivity index (χ0n) is 13.3. The molecule has 0 aliphatic rings. The number of sulfone groups is 1. The molecule has 0 fully saturated rings. The van der Waals surface area contributed by atoms with E-state index in [4.69, 9.17) is 0 Å². The molecule has 5 nitrogen and oxygen atoms in total. The fraction of sp³-hybridized carbons (Fsp3) is 0.167. The SMILES string of the molecule is CC(C)c1c(S(=O)(=O)c2ccc(O)cc2)c2ccccn2c1C#N. The third-order valence-corrected chi connectivity index (χ3v) is 5.79. The van der Waals surface area contributed by atoms with E-state index in [1.807, 2.05) is 13.8 Å². The van der Waals surface area contributed by atoms with Gasteiger partial charge >= 0.3 is 0 Å². The van der Waals surface area contributed by atoms with Crippen LogP contribution in [0.2, 0.25) is 0 Å². The highest BCUT2D eigenvalue weighted by Gasteiger charge is 2.30. The van der Waals surface area contributed by atoms with Crippen LogP contribution in [-0.2, 0) is 9.84 Å². The number of benzene rings is 1. The van der Waals surface area contributed by atoms with Crippen molar-refractivity contribution in [2.24, 2.45) is 0 Å². The van der Waals surface area contributed by atoms with E-state index in [9.17, 15) is 18.8 Å². The quantitative estimate of drug-likeness (QED) is 0.791. The van der Waals surface area contributed by atoms with Gasteiger partial charge in [0.2, 0.25) is 9.84 Å². The van der Waals surface area contributed by atoms with Gasteiger partial charge in [-0.2, -0.15) is 5.26 Å². The summed E-state index contributed by atoms with van der Waals surface area (Å²) in [5.41, 5.74) is 1.32. The standard InChI is InChI=1S/C18H16N2O3S/c1-12(2)17-16(11-19)20-10-4-3-5-15(20)18(17)24(22,23)14-8-6-13(21)7-9-14/h3-10,12,21H,1-2H3. The fourth-order valence-corrected chi connectivity index (χ4v) is 4.67. The maximum Gasteiger partial charge on any atom is 0.209 e. The molecule has 3 rings (SSSR count). The Hall–Kier alpha value is -2.78. The summed E-state index contributed by atoms with van der Waals surface area (Å²) in [7, 11) is -3.83. The predicted octanol–water partition coefficient (Wildman–Crippen LogP) is 3.47. The Bertz CT molecular complexity index is 1060. The first-order valence-electron chi connectivity index (χ1n) is 7.45. The minimum atomic E-state index is -3.83. The third kappa shape index (κ3) is 2.34. The van der Waals surface area contributed by atoms with Crippen molar-refractivity contribution >= 4 is 15.4 Å². The second-order valence-electron chi connectivity index (χ2n) is 5.81. The summed E-state index contributed by atoms with van der Waals surface area (Å²) in [6, 6.07) is 12.7. The average molecular weight is 340 g/mol. The van der Waals surface area contributed by atoms with Crippen molar-refractivity contribution in [1.82, 2.24) is 4.40 Å². The van der Waals surface area contributed by atoms with Crippen LogP contribution in [-0.4, -0.2) is 17.9 Å². The van der Waals surface area contributed by atoms with Crippen LogP contribution >= 0.6 is 0 Å². The van der Waals surface area contributed by atoms with E-state index >= 15 is 0 Å². The topological polar surface area (TPSA) is 82.6 Å². The van der Waals surface area contributed by atoms with Crippen LogP contribution in [0.5, 0.6) is 5.75 Å². The van der Waals surface area contributed by atoms with Gasteiger partial charge in [-0.3, -0.25) is 0 Å². The number of pyridine rings is 1. The van der Waals surface area contributed by atoms with Gasteiger partial charge in [0.1, 0.15) is 22.4 Å². The smallest absolute Gasteiger partial charge is 0.209 e. The molecule has 24 heavy (non-hydrogen) atoms. The van der Waals surface area contributed by atoms with Crippen LogP contribution in [0, 0.1) is 11.3 Å². The zero-order valence-corrected chi connectivity index (χ0v) is 14.1. The highest BCUT2D eigenvalue weighted by Crippen LogP contribution is 2.36. The van der Waals surface area contributed by atoms with Crippen molar-refractivity contribution in [3.05, 3.63) is 59.9 Å². The largest absolute Gasteiger partial charge is 0.508 e. The Balaban J connectivity index is 2.43. The summed E-state index contributed by atoms with van der Waals surface area (Å²) in [4.78, 5) is 0.239. The van der Waals surface area contributed by atoms with Crippen LogP contribution in [0.15, 0.2) is 58.5 Å². The molecule has 0 saturated carbocycles. The lowest BCUT2D eigenvalue weighted by molar-refractivity contribution is 0.475. The summed E-state index contributed by atoms with van der Waals surface area (Å²) in [5, 5.41) is 19.0. The van der Waals surface area contributed by atoms with E-state index in [-0.39, 0.29) is 21.5 Å². The minimum Gasteiger partial charge on any atom is -0.508 e. The molecular weight excluding hydrogens is 324 g/mol. The molecule has 2 heterocycles. The van der Waals surface area contributed by atoms with Gasteiger partial charge in [0.25, 0.3) is 0 Å². The number of nitriles is 1. The van der Waals surface area contributed by atoms with E-state index in [2.05, 4.69) is 6.07 Å². The number of nitrogens with zero attached hydrogens (tertiary/aromatic N) is 2. The Morgan fingerprint density at radius 2 is 1.79 bits per heavy atom. The fourth-order valence-electron chi connectivity index (χ4n) is 2.87. The van der Waals surface area contributed by atoms with Crippen LogP contribution in [0.1, 0.15) is 31.0 Å². The van der Waals surface area contributed by atoms with Crippen molar-refractivity contribution < 1.29 is 13.5 Å². The average Bonchev–Trinajstić information content (AvgIpc) is 2.90. The number of phenols is 1. The van der Waals surface area contributed by atoms with Crippen LogP contribution in [0.25, 0.3) is 5.52 Å². The monoisotopic (exact) mass is 340 g/mol. The van der Waals surface area contributed by atoms with Crippen molar-refractivity contribution in [1.29, 1.82) is 5.26 Å². The van der Waals surface area contributed by atoms with Gasteiger partial charge in [-0.05, 0) is 42.3 Å². The first-order valence-corrected chi connectivity index (χ1v) is 8.93. The second-order valence-corrected chi connectivity index (χ2v) is 7.70. The normalized spacial score (nSPS) is 11.8. The molecular formula is C18H16N2O3S. The molecule has 0 aliphatic carbocycles. The minimum absolute atomic E-state index is 0.00233. The van der Waals surface area contributed by atoms with Crippen LogP contribution in [0.3, 0.4) is 0 Å². The van der Waals surface area contributed by atoms with Crippen molar-refractivity contribution in [3.63, 3.8) is 0 Å². The first kappa shape index (κ1) is 16.1. The summed E-state index contributed by atoms with van der Waals surface area (Å²) in [5.74, 6) is -0.140. The number of rotatable bonds is 3. The van der Waals surface area contributed by atoms with Gasteiger partial charge in [0.05, 0.1) is 10.4 Å². The molecule has 0 unspecified atom stereocenters. The number of phenolic OH excluding ortho intramolecular Hbond substituents is 1. The van der Waals surface area contributed by atoms with E-state index in [1.165, 1.54) is 24.3 Å². The van der Waals surface area contributed by atoms with Crippen molar-refractivity contribution in [2.75, 3.05) is 0 Å². The van der Waals surface area contributed by atoms with Gasteiger partial charge in [-0.25, -0.2) is 8.42 Å². The van der Waals surface area contributed by atoms with Crippen LogP contribution in [0.4, 0.5) is 0 Å². The lowest BCUT2D eigenvalue weighted by Crippen LogP contribution is -2.05. The number of hydrogen-bond acceptors (Lipinski definition) is 4. The Labute approximate surface area is 140 Å². The molecule has 2 aromatic heterocycles. The maximum absolute atomic E-state index is 13.2. The molecule has 0 aliphatic heterocycles. The summed E-state index contributed by atoms with van der Waals surface area (Å²) in [6.45, 7) is 3.73. The summed E-state index contributed by atoms with van der Waals surface area (Å²) >= 11 is 0. The van der Waals surface area contributed by atoms with Gasteiger partial charge in [0, 0.05) is 11.8 Å². The third-order valence-electron chi connectivity index (χ3n) is 3.93. The predicted molar refractivity (Wildman–Crippen MR) is 89.8 cm³/mol. The van der Waals surface area contributed by atoms with Gasteiger partial charge in [-0.1, -0.05) is 19.9 Å². The van der Waals surface area contributed by atoms with E-state index in [0.29, 0.717) is 16.8 Å². The molecule has 0 amide bonds. The van der Waals surface area contributed by atoms with Crippen LogP contribution < -0.4 is 0 Å². The molecule has 0 saturated heterocycles. The number of hydrogen-bond donors (Lipinski definition) is 1. The van der Waals surface area contributed by atoms with E-state index in [1.54, 1.807) is 28.8 Å². The Kier molecular flexibility index (Phi) is 3.82. The van der Waals surface area contributed by atoms with E-state index in [0.717, 1.165) is 0 Å². The molecule has 1 aromatic carbocycles. The van der Waals surface area contributed by atoms with E-state index < -0.39 is 9.84 Å². The highest BCUT2D eigenvalue weighted by atomic mass is 32.2. The number of aromatic nitrogens is 1.